The number of aliphatic hydroxyl groups excluding tert-OH is 1. The number of rotatable bonds is 2. The summed E-state index contributed by atoms with van der Waals surface area (Å²) in [4.78, 5) is 0. The van der Waals surface area contributed by atoms with E-state index < -0.39 is 11.0 Å². The van der Waals surface area contributed by atoms with Crippen molar-refractivity contribution >= 4 is 9.24 Å². The largest absolute Gasteiger partial charge is 0.393 e. The van der Waals surface area contributed by atoms with Gasteiger partial charge in [0.15, 0.2) is 0 Å². The topological polar surface area (TPSA) is 49.7 Å². The summed E-state index contributed by atoms with van der Waals surface area (Å²) in [5.41, 5.74) is -0.482. The fourth-order valence-corrected chi connectivity index (χ4v) is 12.4. The molecule has 2 N–H and O–H groups in total. The third kappa shape index (κ3) is 2.74. The van der Waals surface area contributed by atoms with Crippen LogP contribution in [0.3, 0.4) is 0 Å². The first-order chi connectivity index (χ1) is 15.7. The zero-order valence-electron chi connectivity index (χ0n) is 22.2. The first-order valence-electron chi connectivity index (χ1n) is 14.2. The predicted molar refractivity (Wildman–Crippen MR) is 136 cm³/mol. The highest BCUT2D eigenvalue weighted by atomic mass is 31.0. The molecule has 6 rings (SSSR count). The summed E-state index contributed by atoms with van der Waals surface area (Å²) in [6.07, 6.45) is 8.62. The molecule has 1 saturated heterocycles. The van der Waals surface area contributed by atoms with Crippen LogP contribution in [0.1, 0.15) is 99.3 Å². The molecule has 2 spiro atoms. The molecule has 6 fully saturated rings. The van der Waals surface area contributed by atoms with Gasteiger partial charge in [0.05, 0.1) is 23.4 Å². The van der Waals surface area contributed by atoms with E-state index in [1.165, 1.54) is 12.8 Å². The summed E-state index contributed by atoms with van der Waals surface area (Å²) in [5.74, 6) is 2.59. The molecular formula is C29H48FO3P. The zero-order valence-corrected chi connectivity index (χ0v) is 23.4. The summed E-state index contributed by atoms with van der Waals surface area (Å²) in [7, 11) is 2.57. The molecule has 5 aliphatic carbocycles. The Morgan fingerprint density at radius 2 is 1.53 bits per heavy atom. The van der Waals surface area contributed by atoms with Crippen molar-refractivity contribution in [1.29, 1.82) is 0 Å². The van der Waals surface area contributed by atoms with Gasteiger partial charge in [0.2, 0.25) is 0 Å². The van der Waals surface area contributed by atoms with Crippen molar-refractivity contribution in [2.45, 2.75) is 128 Å². The molecule has 3 nitrogen and oxygen atoms in total. The van der Waals surface area contributed by atoms with Crippen LogP contribution in [0.5, 0.6) is 0 Å². The molecule has 0 amide bonds. The van der Waals surface area contributed by atoms with Crippen LogP contribution in [0.4, 0.5) is 4.39 Å². The molecule has 0 aromatic carbocycles. The Balaban J connectivity index is 1.32. The highest BCUT2D eigenvalue weighted by molar-refractivity contribution is 7.18. The molecule has 14 atom stereocenters. The maximum atomic E-state index is 15.4. The predicted octanol–water partition coefficient (Wildman–Crippen LogP) is 6.11. The third-order valence-electron chi connectivity index (χ3n) is 13.5. The molecule has 14 unspecified atom stereocenters. The van der Waals surface area contributed by atoms with Crippen LogP contribution in [0, 0.1) is 51.8 Å². The summed E-state index contributed by atoms with van der Waals surface area (Å²) >= 11 is 0. The maximum Gasteiger partial charge on any atom is 0.126 e. The smallest absolute Gasteiger partial charge is 0.126 e. The van der Waals surface area contributed by atoms with E-state index in [1.54, 1.807) is 0 Å². The lowest BCUT2D eigenvalue weighted by molar-refractivity contribution is -0.176. The molecule has 0 bridgehead atoms. The van der Waals surface area contributed by atoms with Gasteiger partial charge in [-0.15, -0.1) is 0 Å². The van der Waals surface area contributed by atoms with Gasteiger partial charge in [-0.05, 0) is 124 Å². The number of ether oxygens (including phenoxy) is 1. The fourth-order valence-electron chi connectivity index (χ4n) is 12.0. The summed E-state index contributed by atoms with van der Waals surface area (Å²) in [6, 6.07) is 0. The second-order valence-electron chi connectivity index (χ2n) is 14.8. The first kappa shape index (κ1) is 24.6. The van der Waals surface area contributed by atoms with Crippen molar-refractivity contribution in [3.05, 3.63) is 0 Å². The number of fused-ring (bicyclic) bond motifs is 2. The minimum atomic E-state index is -1.10. The Hall–Kier alpha value is 0.240. The molecule has 34 heavy (non-hydrogen) atoms. The van der Waals surface area contributed by atoms with Gasteiger partial charge < -0.3 is 14.9 Å². The van der Waals surface area contributed by atoms with Gasteiger partial charge in [0.25, 0.3) is 0 Å². The molecule has 5 saturated carbocycles. The molecule has 0 radical (unpaired) electrons. The Morgan fingerprint density at radius 3 is 2.18 bits per heavy atom. The van der Waals surface area contributed by atoms with E-state index in [0.29, 0.717) is 40.9 Å². The minimum Gasteiger partial charge on any atom is -0.393 e. The quantitative estimate of drug-likeness (QED) is 0.455. The van der Waals surface area contributed by atoms with Crippen LogP contribution in [0.15, 0.2) is 0 Å². The molecule has 1 aliphatic heterocycles. The molecule has 0 aromatic rings. The monoisotopic (exact) mass is 494 g/mol. The van der Waals surface area contributed by atoms with Gasteiger partial charge in [0, 0.05) is 5.92 Å². The number of aliphatic hydroxyl groups is 2. The van der Waals surface area contributed by atoms with Crippen LogP contribution in [0.2, 0.25) is 0 Å². The van der Waals surface area contributed by atoms with Crippen molar-refractivity contribution in [3.63, 3.8) is 0 Å². The average Bonchev–Trinajstić information content (AvgIpc) is 2.99. The second kappa shape index (κ2) is 7.00. The van der Waals surface area contributed by atoms with Crippen molar-refractivity contribution in [2.75, 3.05) is 0 Å². The van der Waals surface area contributed by atoms with Crippen molar-refractivity contribution in [2.24, 2.45) is 51.8 Å². The average molecular weight is 495 g/mol. The number of hydrogen-bond donors (Lipinski definition) is 2. The number of hydrogen-bond acceptors (Lipinski definition) is 3. The Morgan fingerprint density at radius 1 is 0.912 bits per heavy atom. The van der Waals surface area contributed by atoms with Crippen molar-refractivity contribution in [3.8, 4) is 0 Å². The lowest BCUT2D eigenvalue weighted by Crippen LogP contribution is -2.55. The second-order valence-corrected chi connectivity index (χ2v) is 15.8. The number of halogens is 1. The van der Waals surface area contributed by atoms with E-state index in [1.807, 2.05) is 13.8 Å². The molecule has 1 heterocycles. The highest BCUT2D eigenvalue weighted by Gasteiger charge is 2.84. The normalized spacial score (nSPS) is 63.0. The van der Waals surface area contributed by atoms with Gasteiger partial charge in [-0.3, -0.25) is 0 Å². The van der Waals surface area contributed by atoms with E-state index in [9.17, 15) is 10.2 Å². The summed E-state index contributed by atoms with van der Waals surface area (Å²) < 4.78 is 22.0. The first-order valence-corrected chi connectivity index (χ1v) is 14.8. The molecule has 5 heteroatoms. The minimum absolute atomic E-state index is 0.0691. The molecule has 194 valence electrons. The molecule has 6 aliphatic rings. The Labute approximate surface area is 208 Å². The highest BCUT2D eigenvalue weighted by Crippen LogP contribution is 2.89. The fraction of sp³-hybridized carbons (Fsp3) is 1.00. The van der Waals surface area contributed by atoms with E-state index in [0.717, 1.165) is 38.5 Å². The third-order valence-corrected chi connectivity index (χ3v) is 14.3. The lowest BCUT2D eigenvalue weighted by atomic mass is 9.47. The lowest BCUT2D eigenvalue weighted by Gasteiger charge is -2.58. The van der Waals surface area contributed by atoms with E-state index in [-0.39, 0.29) is 35.1 Å². The molecular weight excluding hydrogens is 446 g/mol. The van der Waals surface area contributed by atoms with Gasteiger partial charge in [-0.1, -0.05) is 30.0 Å². The van der Waals surface area contributed by atoms with Gasteiger partial charge in [0.1, 0.15) is 5.41 Å². The van der Waals surface area contributed by atoms with Crippen LogP contribution < -0.4 is 0 Å². The number of alkyl halides is 1. The van der Waals surface area contributed by atoms with Crippen molar-refractivity contribution in [1.82, 2.24) is 0 Å². The Bertz CT molecular complexity index is 872. The van der Waals surface area contributed by atoms with E-state index >= 15 is 4.39 Å². The molecule has 0 aromatic heterocycles. The SMILES string of the molecule is CC1C2CCC3C4CC(O)C(C5(C)CCC(C(C)(C)O)O5)C4(C)CCC34C(C)C24CCC1(F)P. The van der Waals surface area contributed by atoms with Gasteiger partial charge in [-0.25, -0.2) is 4.39 Å². The van der Waals surface area contributed by atoms with Crippen LogP contribution >= 0.6 is 9.24 Å². The standard InChI is InChI=1S/C29H48FO3P/c1-16-18-7-8-19-20-15-21(31)23(26(6)10-9-22(33-26)24(3,4)32)25(20,5)11-12-28(19)17(2)27(18,28)13-14-29(16,30)34/h16-23,31-32H,7-15,34H2,1-6H3. The summed E-state index contributed by atoms with van der Waals surface area (Å²) in [6.45, 7) is 13.0. The van der Waals surface area contributed by atoms with Gasteiger partial charge >= 0.3 is 0 Å². The zero-order chi connectivity index (χ0) is 24.7. The van der Waals surface area contributed by atoms with Crippen LogP contribution in [-0.4, -0.2) is 39.0 Å². The summed E-state index contributed by atoms with van der Waals surface area (Å²) in [5, 5.41) is 21.1. The van der Waals surface area contributed by atoms with Crippen molar-refractivity contribution < 1.29 is 19.3 Å². The van der Waals surface area contributed by atoms with Crippen LogP contribution in [-0.2, 0) is 4.74 Å². The van der Waals surface area contributed by atoms with Gasteiger partial charge in [-0.2, -0.15) is 0 Å². The van der Waals surface area contributed by atoms with E-state index in [2.05, 4.69) is 36.9 Å². The Kier molecular flexibility index (Phi) is 5.06. The van der Waals surface area contributed by atoms with Crippen LogP contribution in [0.25, 0.3) is 0 Å². The van der Waals surface area contributed by atoms with E-state index in [4.69, 9.17) is 4.74 Å². The maximum absolute atomic E-state index is 15.4.